The lowest BCUT2D eigenvalue weighted by molar-refractivity contribution is 0.0436. The van der Waals surface area contributed by atoms with Gasteiger partial charge in [-0.05, 0) is 38.7 Å². The van der Waals surface area contributed by atoms with Crippen molar-refractivity contribution in [3.8, 4) is 11.3 Å². The molecule has 0 N–H and O–H groups in total. The van der Waals surface area contributed by atoms with Gasteiger partial charge < -0.3 is 9.30 Å². The molecule has 4 rings (SSSR count). The van der Waals surface area contributed by atoms with Gasteiger partial charge in [0.1, 0.15) is 0 Å². The van der Waals surface area contributed by atoms with Crippen molar-refractivity contribution < 1.29 is 4.74 Å². The van der Waals surface area contributed by atoms with Crippen molar-refractivity contribution in [3.05, 3.63) is 59.8 Å². The lowest BCUT2D eigenvalue weighted by Crippen LogP contribution is -2.38. The van der Waals surface area contributed by atoms with Crippen LogP contribution in [-0.2, 0) is 23.2 Å². The predicted octanol–water partition coefficient (Wildman–Crippen LogP) is 4.94. The van der Waals surface area contributed by atoms with Gasteiger partial charge in [-0.1, -0.05) is 37.3 Å². The first-order chi connectivity index (χ1) is 13.6. The van der Waals surface area contributed by atoms with Gasteiger partial charge in [0, 0.05) is 43.0 Å². The van der Waals surface area contributed by atoms with Gasteiger partial charge >= 0.3 is 0 Å². The Kier molecular flexibility index (Phi) is 6.81. The Morgan fingerprint density at radius 1 is 1.10 bits per heavy atom. The van der Waals surface area contributed by atoms with E-state index in [4.69, 9.17) is 9.84 Å². The lowest BCUT2D eigenvalue weighted by atomic mass is 9.74. The second-order valence-electron chi connectivity index (χ2n) is 7.93. The molecule has 3 heterocycles. The van der Waals surface area contributed by atoms with E-state index in [-0.39, 0.29) is 17.8 Å². The number of rotatable bonds is 6. The molecule has 1 aromatic carbocycles. The fourth-order valence-electron chi connectivity index (χ4n) is 4.57. The maximum atomic E-state index is 5.71. The van der Waals surface area contributed by atoms with Crippen LogP contribution in [-0.4, -0.2) is 32.5 Å². The Hall–Kier alpha value is -2.11. The number of imidazole rings is 1. The van der Waals surface area contributed by atoms with E-state index in [9.17, 15) is 0 Å². The summed E-state index contributed by atoms with van der Waals surface area (Å²) in [5.41, 5.74) is 6.17. The Morgan fingerprint density at radius 3 is 2.52 bits per heavy atom. The largest absolute Gasteiger partial charge is 0.381 e. The molecule has 5 nitrogen and oxygen atoms in total. The Labute approximate surface area is 179 Å². The van der Waals surface area contributed by atoms with Crippen LogP contribution in [0.15, 0.2) is 42.9 Å². The number of ether oxygens (including phenoxy) is 1. The highest BCUT2D eigenvalue weighted by Crippen LogP contribution is 2.38. The zero-order valence-electron chi connectivity index (χ0n) is 17.6. The van der Waals surface area contributed by atoms with E-state index >= 15 is 0 Å². The van der Waals surface area contributed by atoms with Crippen LogP contribution in [0.5, 0.6) is 0 Å². The van der Waals surface area contributed by atoms with Crippen molar-refractivity contribution in [2.24, 2.45) is 0 Å². The number of nitrogens with zero attached hydrogens (tertiary/aromatic N) is 4. The van der Waals surface area contributed by atoms with Gasteiger partial charge in [-0.3, -0.25) is 4.68 Å². The summed E-state index contributed by atoms with van der Waals surface area (Å²) >= 11 is 0. The van der Waals surface area contributed by atoms with Gasteiger partial charge in [0.05, 0.1) is 23.9 Å². The number of benzene rings is 1. The minimum atomic E-state index is 0. The van der Waals surface area contributed by atoms with Crippen LogP contribution in [0.3, 0.4) is 0 Å². The zero-order valence-corrected chi connectivity index (χ0v) is 18.4. The van der Waals surface area contributed by atoms with Crippen molar-refractivity contribution in [2.45, 2.75) is 58.5 Å². The van der Waals surface area contributed by atoms with Crippen molar-refractivity contribution >= 4 is 12.4 Å². The summed E-state index contributed by atoms with van der Waals surface area (Å²) in [6.07, 6.45) is 7.11. The van der Waals surface area contributed by atoms with E-state index in [2.05, 4.69) is 65.3 Å². The third kappa shape index (κ3) is 4.12. The van der Waals surface area contributed by atoms with Crippen molar-refractivity contribution in [1.29, 1.82) is 0 Å². The van der Waals surface area contributed by atoms with Gasteiger partial charge in [-0.15, -0.1) is 12.4 Å². The molecular formula is C23H31ClN4O. The molecule has 0 bridgehead atoms. The number of aryl methyl sites for hydroxylation is 2. The number of halogens is 1. The molecule has 1 fully saturated rings. The summed E-state index contributed by atoms with van der Waals surface area (Å²) in [5.74, 6) is 0. The second-order valence-corrected chi connectivity index (χ2v) is 7.93. The van der Waals surface area contributed by atoms with Crippen LogP contribution in [0.2, 0.25) is 0 Å². The topological polar surface area (TPSA) is 44.9 Å². The molecule has 0 atom stereocenters. The van der Waals surface area contributed by atoms with Gasteiger partial charge in [-0.25, -0.2) is 4.98 Å². The zero-order chi connectivity index (χ0) is 19.6. The van der Waals surface area contributed by atoms with E-state index in [1.165, 1.54) is 22.5 Å². The summed E-state index contributed by atoms with van der Waals surface area (Å²) in [7, 11) is 0. The van der Waals surface area contributed by atoms with Crippen molar-refractivity contribution in [3.63, 3.8) is 0 Å². The normalized spacial score (nSPS) is 15.8. The molecule has 1 aliphatic rings. The fourth-order valence-corrected chi connectivity index (χ4v) is 4.57. The SMILES string of the molecule is CCCn1nc(C)c(-c2cncn2CC2(c3ccccc3)CCOCC2)c1C.Cl. The van der Waals surface area contributed by atoms with E-state index in [0.29, 0.717) is 0 Å². The van der Waals surface area contributed by atoms with Gasteiger partial charge in [0.2, 0.25) is 0 Å². The quantitative estimate of drug-likeness (QED) is 0.573. The van der Waals surface area contributed by atoms with Gasteiger partial charge in [0.15, 0.2) is 0 Å². The van der Waals surface area contributed by atoms with Crippen LogP contribution < -0.4 is 0 Å². The molecule has 0 unspecified atom stereocenters. The predicted molar refractivity (Wildman–Crippen MR) is 119 cm³/mol. The smallest absolute Gasteiger partial charge is 0.0951 e. The molecular weight excluding hydrogens is 384 g/mol. The second kappa shape index (κ2) is 9.14. The summed E-state index contributed by atoms with van der Waals surface area (Å²) < 4.78 is 10.2. The molecule has 0 saturated carbocycles. The molecule has 0 spiro atoms. The standard InChI is InChI=1S/C23H30N4O.ClH/c1-4-12-27-19(3)22(18(2)25-27)21-15-24-17-26(21)16-23(10-13-28-14-11-23)20-8-6-5-7-9-20;/h5-9,15,17H,4,10-14,16H2,1-3H3;1H. The molecule has 156 valence electrons. The monoisotopic (exact) mass is 414 g/mol. The van der Waals surface area contributed by atoms with E-state index in [0.717, 1.165) is 51.3 Å². The maximum absolute atomic E-state index is 5.71. The van der Waals surface area contributed by atoms with Crippen molar-refractivity contribution in [1.82, 2.24) is 19.3 Å². The molecule has 1 aliphatic heterocycles. The molecule has 0 aliphatic carbocycles. The highest BCUT2D eigenvalue weighted by Gasteiger charge is 2.35. The van der Waals surface area contributed by atoms with Gasteiger partial charge in [-0.2, -0.15) is 5.10 Å². The molecule has 1 saturated heterocycles. The molecule has 0 radical (unpaired) electrons. The Balaban J connectivity index is 0.00000240. The van der Waals surface area contributed by atoms with E-state index < -0.39 is 0 Å². The first kappa shape index (κ1) is 21.6. The Morgan fingerprint density at radius 2 is 1.83 bits per heavy atom. The van der Waals surface area contributed by atoms with Crippen molar-refractivity contribution in [2.75, 3.05) is 13.2 Å². The van der Waals surface area contributed by atoms with Crippen LogP contribution in [0.25, 0.3) is 11.3 Å². The summed E-state index contributed by atoms with van der Waals surface area (Å²) in [4.78, 5) is 4.52. The van der Waals surface area contributed by atoms with Crippen LogP contribution in [0.4, 0.5) is 0 Å². The highest BCUT2D eigenvalue weighted by molar-refractivity contribution is 5.85. The minimum Gasteiger partial charge on any atom is -0.381 e. The molecule has 3 aromatic rings. The maximum Gasteiger partial charge on any atom is 0.0951 e. The van der Waals surface area contributed by atoms with Crippen LogP contribution in [0.1, 0.15) is 43.1 Å². The molecule has 0 amide bonds. The molecule has 29 heavy (non-hydrogen) atoms. The fraction of sp³-hybridized carbons (Fsp3) is 0.478. The van der Waals surface area contributed by atoms with Gasteiger partial charge in [0.25, 0.3) is 0 Å². The average Bonchev–Trinajstić information content (AvgIpc) is 3.27. The third-order valence-corrected chi connectivity index (χ3v) is 6.09. The first-order valence-electron chi connectivity index (χ1n) is 10.3. The number of hydrogen-bond donors (Lipinski definition) is 0. The first-order valence-corrected chi connectivity index (χ1v) is 10.3. The third-order valence-electron chi connectivity index (χ3n) is 6.09. The summed E-state index contributed by atoms with van der Waals surface area (Å²) in [6, 6.07) is 10.9. The average molecular weight is 415 g/mol. The highest BCUT2D eigenvalue weighted by atomic mass is 35.5. The molecule has 2 aromatic heterocycles. The minimum absolute atomic E-state index is 0. The summed E-state index contributed by atoms with van der Waals surface area (Å²) in [5, 5.41) is 4.77. The molecule has 6 heteroatoms. The number of hydrogen-bond acceptors (Lipinski definition) is 3. The van der Waals surface area contributed by atoms with Crippen LogP contribution in [0, 0.1) is 13.8 Å². The number of aromatic nitrogens is 4. The van der Waals surface area contributed by atoms with Crippen LogP contribution >= 0.6 is 12.4 Å². The summed E-state index contributed by atoms with van der Waals surface area (Å²) in [6.45, 7) is 9.95. The van der Waals surface area contributed by atoms with E-state index in [1.54, 1.807) is 0 Å². The Bertz CT molecular complexity index is 926. The van der Waals surface area contributed by atoms with E-state index in [1.807, 2.05) is 12.5 Å². The lowest BCUT2D eigenvalue weighted by Gasteiger charge is -2.38.